The molecule has 0 saturated carbocycles. The minimum atomic E-state index is -0.314. The Hall–Kier alpha value is -2.76. The van der Waals surface area contributed by atoms with Crippen LogP contribution in [-0.4, -0.2) is 25.8 Å². The lowest BCUT2D eigenvalue weighted by atomic mass is 10.1. The molecule has 0 spiro atoms. The topological polar surface area (TPSA) is 73.1 Å². The minimum absolute atomic E-state index is 0.314. The second-order valence-corrected chi connectivity index (χ2v) is 4.60. The number of nitrogens with zero attached hydrogens (tertiary/aromatic N) is 1. The molecule has 2 rings (SSSR count). The van der Waals surface area contributed by atoms with Crippen molar-refractivity contribution in [3.8, 4) is 11.5 Å². The van der Waals surface area contributed by atoms with Crippen LogP contribution in [0.3, 0.4) is 0 Å². The second kappa shape index (κ2) is 6.80. The first kappa shape index (κ1) is 15.6. The molecule has 0 atom stereocenters. The van der Waals surface area contributed by atoms with E-state index in [0.29, 0.717) is 28.5 Å². The van der Waals surface area contributed by atoms with Crippen LogP contribution in [0.4, 0.5) is 0 Å². The van der Waals surface area contributed by atoms with Crippen LogP contribution in [0.25, 0.3) is 0 Å². The van der Waals surface area contributed by atoms with E-state index >= 15 is 0 Å². The van der Waals surface area contributed by atoms with Crippen LogP contribution in [0.5, 0.6) is 11.5 Å². The molecule has 1 N–H and O–H groups in total. The first-order chi connectivity index (χ1) is 10.6. The molecule has 0 aliphatic heterocycles. The van der Waals surface area contributed by atoms with Crippen molar-refractivity contribution in [2.24, 2.45) is 5.10 Å². The standard InChI is InChI=1S/C16H18N2O4/c1-10(12-5-6-14(20-3)15(9-12)21-4)17-18-16(19)13-7-8-22-11(13)2/h5-9H,1-4H3,(H,18,19)/b17-10+. The number of furan rings is 1. The summed E-state index contributed by atoms with van der Waals surface area (Å²) in [5.41, 5.74) is 4.44. The third-order valence-corrected chi connectivity index (χ3v) is 3.23. The number of rotatable bonds is 5. The zero-order valence-electron chi connectivity index (χ0n) is 13.0. The zero-order valence-corrected chi connectivity index (χ0v) is 13.0. The number of nitrogens with one attached hydrogen (secondary N) is 1. The Morgan fingerprint density at radius 3 is 2.50 bits per heavy atom. The molecule has 0 aliphatic carbocycles. The second-order valence-electron chi connectivity index (χ2n) is 4.60. The van der Waals surface area contributed by atoms with E-state index in [1.54, 1.807) is 46.3 Å². The lowest BCUT2D eigenvalue weighted by Crippen LogP contribution is -2.19. The van der Waals surface area contributed by atoms with Gasteiger partial charge in [-0.1, -0.05) is 0 Å². The van der Waals surface area contributed by atoms with Crippen LogP contribution in [0.1, 0.15) is 28.6 Å². The third-order valence-electron chi connectivity index (χ3n) is 3.23. The molecule has 1 aromatic heterocycles. The molecule has 116 valence electrons. The molecule has 0 aliphatic rings. The fraction of sp³-hybridized carbons (Fsp3) is 0.250. The van der Waals surface area contributed by atoms with E-state index in [2.05, 4.69) is 10.5 Å². The SMILES string of the molecule is COc1ccc(/C(C)=N/NC(=O)c2ccoc2C)cc1OC. The maximum absolute atomic E-state index is 12.0. The van der Waals surface area contributed by atoms with E-state index in [9.17, 15) is 4.79 Å². The summed E-state index contributed by atoms with van der Waals surface area (Å²) in [7, 11) is 3.14. The number of ether oxygens (including phenoxy) is 2. The first-order valence-electron chi connectivity index (χ1n) is 6.68. The number of hydrazone groups is 1. The number of hydrogen-bond donors (Lipinski definition) is 1. The highest BCUT2D eigenvalue weighted by Crippen LogP contribution is 2.27. The number of hydrogen-bond acceptors (Lipinski definition) is 5. The molecule has 22 heavy (non-hydrogen) atoms. The van der Waals surface area contributed by atoms with Crippen molar-refractivity contribution < 1.29 is 18.7 Å². The summed E-state index contributed by atoms with van der Waals surface area (Å²) < 4.78 is 15.5. The fourth-order valence-electron chi connectivity index (χ4n) is 1.94. The molecule has 1 amide bonds. The van der Waals surface area contributed by atoms with Gasteiger partial charge in [-0.15, -0.1) is 0 Å². The van der Waals surface area contributed by atoms with Crippen LogP contribution in [0.2, 0.25) is 0 Å². The van der Waals surface area contributed by atoms with Gasteiger partial charge in [0, 0.05) is 5.56 Å². The molecule has 0 bridgehead atoms. The van der Waals surface area contributed by atoms with Gasteiger partial charge in [0.05, 0.1) is 31.8 Å². The number of carbonyl (C=O) groups is 1. The molecule has 1 heterocycles. The average Bonchev–Trinajstić information content (AvgIpc) is 2.97. The van der Waals surface area contributed by atoms with E-state index in [4.69, 9.17) is 13.9 Å². The first-order valence-corrected chi connectivity index (χ1v) is 6.68. The number of methoxy groups -OCH3 is 2. The van der Waals surface area contributed by atoms with E-state index < -0.39 is 0 Å². The van der Waals surface area contributed by atoms with E-state index in [1.165, 1.54) is 6.26 Å². The van der Waals surface area contributed by atoms with Gasteiger partial charge in [0.2, 0.25) is 0 Å². The van der Waals surface area contributed by atoms with Crippen molar-refractivity contribution in [2.75, 3.05) is 14.2 Å². The van der Waals surface area contributed by atoms with Gasteiger partial charge < -0.3 is 13.9 Å². The smallest absolute Gasteiger partial charge is 0.274 e. The van der Waals surface area contributed by atoms with E-state index in [1.807, 2.05) is 6.07 Å². The van der Waals surface area contributed by atoms with Gasteiger partial charge >= 0.3 is 0 Å². The highest BCUT2D eigenvalue weighted by atomic mass is 16.5. The maximum Gasteiger partial charge on any atom is 0.274 e. The van der Waals surface area contributed by atoms with E-state index in [0.717, 1.165) is 5.56 Å². The summed E-state index contributed by atoms with van der Waals surface area (Å²) in [6, 6.07) is 7.03. The van der Waals surface area contributed by atoms with Crippen LogP contribution < -0.4 is 14.9 Å². The summed E-state index contributed by atoms with van der Waals surface area (Å²) in [5.74, 6) is 1.48. The molecule has 0 unspecified atom stereocenters. The summed E-state index contributed by atoms with van der Waals surface area (Å²) in [6.45, 7) is 3.52. The van der Waals surface area contributed by atoms with Gasteiger partial charge in [0.15, 0.2) is 11.5 Å². The van der Waals surface area contributed by atoms with Crippen molar-refractivity contribution in [2.45, 2.75) is 13.8 Å². The summed E-state index contributed by atoms with van der Waals surface area (Å²) in [4.78, 5) is 12.0. The molecule has 6 nitrogen and oxygen atoms in total. The van der Waals surface area contributed by atoms with Crippen LogP contribution in [0.15, 0.2) is 40.0 Å². The Bertz CT molecular complexity index is 704. The third kappa shape index (κ3) is 3.28. The Balaban J connectivity index is 2.15. The Labute approximate surface area is 128 Å². The number of benzene rings is 1. The molecule has 0 radical (unpaired) electrons. The monoisotopic (exact) mass is 302 g/mol. The lowest BCUT2D eigenvalue weighted by molar-refractivity contribution is 0.0953. The molecular formula is C16H18N2O4. The molecule has 0 saturated heterocycles. The van der Waals surface area contributed by atoms with Crippen molar-refractivity contribution in [1.82, 2.24) is 5.43 Å². The van der Waals surface area contributed by atoms with Crippen LogP contribution >= 0.6 is 0 Å². The Kier molecular flexibility index (Phi) is 4.83. The molecule has 6 heteroatoms. The van der Waals surface area contributed by atoms with Gasteiger partial charge in [-0.2, -0.15) is 5.10 Å². The number of carbonyl (C=O) groups excluding carboxylic acids is 1. The Morgan fingerprint density at radius 2 is 1.91 bits per heavy atom. The largest absolute Gasteiger partial charge is 0.493 e. The average molecular weight is 302 g/mol. The van der Waals surface area contributed by atoms with E-state index in [-0.39, 0.29) is 5.91 Å². The predicted molar refractivity (Wildman–Crippen MR) is 82.7 cm³/mol. The summed E-state index contributed by atoms with van der Waals surface area (Å²) in [5, 5.41) is 4.10. The number of aryl methyl sites for hydroxylation is 1. The molecule has 2 aromatic rings. The maximum atomic E-state index is 12.0. The highest BCUT2D eigenvalue weighted by Gasteiger charge is 2.11. The van der Waals surface area contributed by atoms with Crippen molar-refractivity contribution in [3.63, 3.8) is 0 Å². The Morgan fingerprint density at radius 1 is 1.18 bits per heavy atom. The predicted octanol–water partition coefficient (Wildman–Crippen LogP) is 2.76. The van der Waals surface area contributed by atoms with Gasteiger partial charge in [-0.05, 0) is 38.1 Å². The van der Waals surface area contributed by atoms with Gasteiger partial charge in [0.25, 0.3) is 5.91 Å². The quantitative estimate of drug-likeness (QED) is 0.681. The van der Waals surface area contributed by atoms with Crippen molar-refractivity contribution in [1.29, 1.82) is 0 Å². The summed E-state index contributed by atoms with van der Waals surface area (Å²) >= 11 is 0. The zero-order chi connectivity index (χ0) is 16.1. The normalized spacial score (nSPS) is 11.2. The van der Waals surface area contributed by atoms with Crippen LogP contribution in [-0.2, 0) is 0 Å². The van der Waals surface area contributed by atoms with Crippen molar-refractivity contribution >= 4 is 11.6 Å². The van der Waals surface area contributed by atoms with Crippen LogP contribution in [0, 0.1) is 6.92 Å². The van der Waals surface area contributed by atoms with Crippen molar-refractivity contribution in [3.05, 3.63) is 47.4 Å². The van der Waals surface area contributed by atoms with Gasteiger partial charge in [0.1, 0.15) is 5.76 Å². The molecule has 1 aromatic carbocycles. The summed E-state index contributed by atoms with van der Waals surface area (Å²) in [6.07, 6.45) is 1.47. The number of amides is 1. The van der Waals surface area contributed by atoms with Gasteiger partial charge in [-0.25, -0.2) is 5.43 Å². The van der Waals surface area contributed by atoms with Gasteiger partial charge in [-0.3, -0.25) is 4.79 Å². The minimum Gasteiger partial charge on any atom is -0.493 e. The molecular weight excluding hydrogens is 284 g/mol. The molecule has 0 fully saturated rings. The fourth-order valence-corrected chi connectivity index (χ4v) is 1.94. The highest BCUT2D eigenvalue weighted by molar-refractivity contribution is 6.01. The lowest BCUT2D eigenvalue weighted by Gasteiger charge is -2.09.